The molecule has 0 aliphatic heterocycles. The maximum Gasteiger partial charge on any atom is 0.338 e. The number of hydrogen-bond donors (Lipinski definition) is 1. The van der Waals surface area contributed by atoms with Crippen molar-refractivity contribution in [3.8, 4) is 0 Å². The van der Waals surface area contributed by atoms with Gasteiger partial charge in [0.15, 0.2) is 15.9 Å². The Bertz CT molecular complexity index is 902. The first-order valence-corrected chi connectivity index (χ1v) is 10.6. The van der Waals surface area contributed by atoms with Crippen LogP contribution in [0.15, 0.2) is 48.5 Å². The number of sulfone groups is 1. The van der Waals surface area contributed by atoms with Crippen LogP contribution in [0, 0.1) is 0 Å². The molecule has 27 heavy (non-hydrogen) atoms. The number of ether oxygens (including phenoxy) is 1. The maximum atomic E-state index is 12.2. The normalized spacial score (nSPS) is 12.3. The lowest BCUT2D eigenvalue weighted by Gasteiger charge is -2.14. The van der Waals surface area contributed by atoms with Crippen molar-refractivity contribution < 1.29 is 22.7 Å². The molecule has 1 atom stereocenters. The molecule has 2 rings (SSSR count). The SMILES string of the molecule is CCc1ccc(NC(=O)[C@@H](C)OC(=O)c2ccc(CS(C)(=O)=O)cc2)cc1. The lowest BCUT2D eigenvalue weighted by atomic mass is 10.1. The van der Waals surface area contributed by atoms with Crippen molar-refractivity contribution in [1.29, 1.82) is 0 Å². The van der Waals surface area contributed by atoms with Crippen LogP contribution in [0.1, 0.15) is 35.3 Å². The zero-order valence-electron chi connectivity index (χ0n) is 15.6. The van der Waals surface area contributed by atoms with Crippen LogP contribution >= 0.6 is 0 Å². The number of carbonyl (C=O) groups excluding carboxylic acids is 2. The van der Waals surface area contributed by atoms with Crippen molar-refractivity contribution in [3.63, 3.8) is 0 Å². The van der Waals surface area contributed by atoms with Gasteiger partial charge in [0.25, 0.3) is 5.91 Å². The smallest absolute Gasteiger partial charge is 0.338 e. The Morgan fingerprint density at radius 2 is 1.56 bits per heavy atom. The number of anilines is 1. The van der Waals surface area contributed by atoms with Gasteiger partial charge >= 0.3 is 5.97 Å². The van der Waals surface area contributed by atoms with Gasteiger partial charge in [-0.25, -0.2) is 13.2 Å². The summed E-state index contributed by atoms with van der Waals surface area (Å²) in [5, 5.41) is 2.70. The van der Waals surface area contributed by atoms with Crippen LogP contribution in [0.5, 0.6) is 0 Å². The van der Waals surface area contributed by atoms with Gasteiger partial charge in [0.05, 0.1) is 11.3 Å². The Balaban J connectivity index is 1.94. The molecule has 1 N–H and O–H groups in total. The number of carbonyl (C=O) groups is 2. The second-order valence-electron chi connectivity index (χ2n) is 6.35. The van der Waals surface area contributed by atoms with Crippen LogP contribution in [-0.2, 0) is 31.5 Å². The van der Waals surface area contributed by atoms with Gasteiger partial charge in [-0.15, -0.1) is 0 Å². The van der Waals surface area contributed by atoms with Gasteiger partial charge in [0.2, 0.25) is 0 Å². The van der Waals surface area contributed by atoms with E-state index < -0.39 is 27.8 Å². The zero-order valence-corrected chi connectivity index (χ0v) is 16.4. The maximum absolute atomic E-state index is 12.2. The highest BCUT2D eigenvalue weighted by atomic mass is 32.2. The van der Waals surface area contributed by atoms with Crippen molar-refractivity contribution in [2.45, 2.75) is 32.1 Å². The van der Waals surface area contributed by atoms with Crippen molar-refractivity contribution in [1.82, 2.24) is 0 Å². The van der Waals surface area contributed by atoms with Crippen LogP contribution in [0.25, 0.3) is 0 Å². The highest BCUT2D eigenvalue weighted by Gasteiger charge is 2.19. The molecule has 0 fully saturated rings. The summed E-state index contributed by atoms with van der Waals surface area (Å²) in [6.07, 6.45) is 1.08. The molecule has 0 aromatic heterocycles. The van der Waals surface area contributed by atoms with Gasteiger partial charge in [0, 0.05) is 11.9 Å². The second-order valence-corrected chi connectivity index (χ2v) is 8.49. The number of aryl methyl sites for hydroxylation is 1. The monoisotopic (exact) mass is 389 g/mol. The molecule has 2 aromatic rings. The number of rotatable bonds is 7. The molecule has 0 spiro atoms. The summed E-state index contributed by atoms with van der Waals surface area (Å²) < 4.78 is 27.8. The molecule has 0 unspecified atom stereocenters. The molecule has 7 heteroatoms. The van der Waals surface area contributed by atoms with Gasteiger partial charge in [-0.3, -0.25) is 4.79 Å². The largest absolute Gasteiger partial charge is 0.449 e. The minimum Gasteiger partial charge on any atom is -0.449 e. The van der Waals surface area contributed by atoms with E-state index in [1.54, 1.807) is 24.3 Å². The van der Waals surface area contributed by atoms with E-state index in [1.807, 2.05) is 19.1 Å². The van der Waals surface area contributed by atoms with E-state index >= 15 is 0 Å². The fourth-order valence-electron chi connectivity index (χ4n) is 2.39. The summed E-state index contributed by atoms with van der Waals surface area (Å²) in [6.45, 7) is 3.54. The molecule has 0 saturated heterocycles. The summed E-state index contributed by atoms with van der Waals surface area (Å²) in [5.74, 6) is -1.18. The predicted molar refractivity (Wildman–Crippen MR) is 104 cm³/mol. The Morgan fingerprint density at radius 3 is 2.07 bits per heavy atom. The predicted octanol–water partition coefficient (Wildman–Crippen LogP) is 2.98. The molecule has 0 aliphatic rings. The molecule has 0 heterocycles. The molecular formula is C20H23NO5S. The number of hydrogen-bond acceptors (Lipinski definition) is 5. The average Bonchev–Trinajstić information content (AvgIpc) is 2.61. The number of amides is 1. The number of esters is 1. The molecular weight excluding hydrogens is 366 g/mol. The fraction of sp³-hybridized carbons (Fsp3) is 0.300. The van der Waals surface area contributed by atoms with E-state index in [0.717, 1.165) is 18.2 Å². The minimum atomic E-state index is -3.14. The molecule has 1 amide bonds. The molecule has 0 radical (unpaired) electrons. The summed E-state index contributed by atoms with van der Waals surface area (Å²) in [5.41, 5.74) is 2.62. The zero-order chi connectivity index (χ0) is 20.0. The standard InChI is InChI=1S/C20H23NO5S/c1-4-15-7-11-18(12-8-15)21-19(22)14(2)26-20(23)17-9-5-16(6-10-17)13-27(3,24)25/h5-12,14H,4,13H2,1-3H3,(H,21,22)/t14-/m1/s1. The second kappa shape index (κ2) is 8.81. The van der Waals surface area contributed by atoms with Crippen molar-refractivity contribution >= 4 is 27.4 Å². The van der Waals surface area contributed by atoms with Gasteiger partial charge in [-0.05, 0) is 48.7 Å². The Hall–Kier alpha value is -2.67. The van der Waals surface area contributed by atoms with E-state index in [-0.39, 0.29) is 11.3 Å². The average molecular weight is 389 g/mol. The summed E-state index contributed by atoms with van der Waals surface area (Å²) in [4.78, 5) is 24.4. The van der Waals surface area contributed by atoms with Crippen LogP contribution in [0.4, 0.5) is 5.69 Å². The van der Waals surface area contributed by atoms with Crippen LogP contribution < -0.4 is 5.32 Å². The van der Waals surface area contributed by atoms with Gasteiger partial charge in [0.1, 0.15) is 0 Å². The first kappa shape index (κ1) is 20.6. The van der Waals surface area contributed by atoms with Crippen molar-refractivity contribution in [2.24, 2.45) is 0 Å². The van der Waals surface area contributed by atoms with Gasteiger partial charge < -0.3 is 10.1 Å². The van der Waals surface area contributed by atoms with Crippen LogP contribution in [0.3, 0.4) is 0 Å². The lowest BCUT2D eigenvalue weighted by Crippen LogP contribution is -2.30. The van der Waals surface area contributed by atoms with E-state index in [1.165, 1.54) is 19.1 Å². The van der Waals surface area contributed by atoms with Crippen molar-refractivity contribution in [3.05, 3.63) is 65.2 Å². The summed E-state index contributed by atoms with van der Waals surface area (Å²) in [7, 11) is -3.14. The van der Waals surface area contributed by atoms with E-state index in [0.29, 0.717) is 11.3 Å². The topological polar surface area (TPSA) is 89.5 Å². The molecule has 144 valence electrons. The molecule has 0 bridgehead atoms. The Morgan fingerprint density at radius 1 is 1.00 bits per heavy atom. The lowest BCUT2D eigenvalue weighted by molar-refractivity contribution is -0.123. The van der Waals surface area contributed by atoms with E-state index in [2.05, 4.69) is 5.32 Å². The Kier molecular flexibility index (Phi) is 6.74. The highest BCUT2D eigenvalue weighted by molar-refractivity contribution is 7.89. The van der Waals surface area contributed by atoms with E-state index in [9.17, 15) is 18.0 Å². The first-order chi connectivity index (χ1) is 12.7. The van der Waals surface area contributed by atoms with Gasteiger partial charge in [-0.1, -0.05) is 31.2 Å². The third kappa shape index (κ3) is 6.53. The highest BCUT2D eigenvalue weighted by Crippen LogP contribution is 2.13. The summed E-state index contributed by atoms with van der Waals surface area (Å²) >= 11 is 0. The summed E-state index contributed by atoms with van der Waals surface area (Å²) in [6, 6.07) is 13.5. The molecule has 6 nitrogen and oxygen atoms in total. The number of nitrogens with one attached hydrogen (secondary N) is 1. The number of benzene rings is 2. The first-order valence-electron chi connectivity index (χ1n) is 8.55. The third-order valence-corrected chi connectivity index (χ3v) is 4.76. The molecule has 0 aliphatic carbocycles. The molecule has 2 aromatic carbocycles. The van der Waals surface area contributed by atoms with Crippen LogP contribution in [0.2, 0.25) is 0 Å². The molecule has 0 saturated carbocycles. The van der Waals surface area contributed by atoms with Crippen molar-refractivity contribution in [2.75, 3.05) is 11.6 Å². The van der Waals surface area contributed by atoms with Crippen LogP contribution in [-0.4, -0.2) is 32.7 Å². The third-order valence-electron chi connectivity index (χ3n) is 3.90. The van der Waals surface area contributed by atoms with E-state index in [4.69, 9.17) is 4.74 Å². The van der Waals surface area contributed by atoms with Gasteiger partial charge in [-0.2, -0.15) is 0 Å². The quantitative estimate of drug-likeness (QED) is 0.736. The Labute approximate surface area is 159 Å². The minimum absolute atomic E-state index is 0.0992. The fourth-order valence-corrected chi connectivity index (χ4v) is 3.19.